The molecule has 0 aromatic carbocycles. The number of nitrogens with zero attached hydrogens (tertiary/aromatic N) is 6. The van der Waals surface area contributed by atoms with Crippen LogP contribution in [-0.4, -0.2) is 43.7 Å². The Kier molecular flexibility index (Phi) is 4.85. The number of aryl methyl sites for hydroxylation is 1. The van der Waals surface area contributed by atoms with E-state index in [1.807, 2.05) is 12.1 Å². The smallest absolute Gasteiger partial charge is 0.335 e. The number of methoxy groups -OCH3 is 1. The number of ether oxygens (including phenoxy) is 2. The average Bonchev–Trinajstić information content (AvgIpc) is 3.14. The summed E-state index contributed by atoms with van der Waals surface area (Å²) in [7, 11) is 1.60. The van der Waals surface area contributed by atoms with Crippen molar-refractivity contribution in [3.8, 4) is 22.9 Å². The zero-order valence-electron chi connectivity index (χ0n) is 16.2. The molecule has 1 saturated carbocycles. The van der Waals surface area contributed by atoms with Gasteiger partial charge in [-0.15, -0.1) is 5.10 Å². The van der Waals surface area contributed by atoms with E-state index in [1.165, 1.54) is 12.4 Å². The molecule has 1 aliphatic rings. The lowest BCUT2D eigenvalue weighted by Crippen LogP contribution is -2.14. The second-order valence-electron chi connectivity index (χ2n) is 7.30. The van der Waals surface area contributed by atoms with Crippen LogP contribution in [0.15, 0.2) is 30.7 Å². The number of hydrogen-bond donors (Lipinski definition) is 0. The quantitative estimate of drug-likeness (QED) is 0.598. The molecule has 0 bridgehead atoms. The van der Waals surface area contributed by atoms with Gasteiger partial charge in [0.1, 0.15) is 17.3 Å². The SMILES string of the molecule is COc1ccc(C2CC2(C)COc2nc(C)ncc2-c2cnnn2C(F)F)nc1. The molecular formula is C19H20F2N6O2. The van der Waals surface area contributed by atoms with E-state index in [2.05, 4.69) is 32.2 Å². The van der Waals surface area contributed by atoms with Gasteiger partial charge in [0.25, 0.3) is 0 Å². The summed E-state index contributed by atoms with van der Waals surface area (Å²) < 4.78 is 38.0. The molecule has 10 heteroatoms. The minimum Gasteiger partial charge on any atom is -0.495 e. The van der Waals surface area contributed by atoms with Crippen LogP contribution in [0.3, 0.4) is 0 Å². The molecule has 2 atom stereocenters. The summed E-state index contributed by atoms with van der Waals surface area (Å²) in [5.74, 6) is 1.66. The van der Waals surface area contributed by atoms with E-state index in [0.29, 0.717) is 28.4 Å². The van der Waals surface area contributed by atoms with Crippen LogP contribution < -0.4 is 9.47 Å². The lowest BCUT2D eigenvalue weighted by atomic mass is 10.1. The van der Waals surface area contributed by atoms with Gasteiger partial charge in [0, 0.05) is 23.2 Å². The standard InChI is InChI=1S/C19H20F2N6O2/c1-11-22-8-13(16-9-24-26-27(16)18(20)21)17(25-11)29-10-19(2)6-14(19)15-5-4-12(28-3)7-23-15/h4-5,7-9,14,18H,6,10H2,1-3H3. The summed E-state index contributed by atoms with van der Waals surface area (Å²) in [6.45, 7) is 1.35. The Bertz CT molecular complexity index is 1010. The first-order valence-electron chi connectivity index (χ1n) is 9.06. The molecule has 4 rings (SSSR count). The summed E-state index contributed by atoms with van der Waals surface area (Å²) in [6.07, 6.45) is 5.30. The number of rotatable bonds is 7. The summed E-state index contributed by atoms with van der Waals surface area (Å²) in [5.41, 5.74) is 1.27. The highest BCUT2D eigenvalue weighted by Crippen LogP contribution is 2.58. The van der Waals surface area contributed by atoms with E-state index in [9.17, 15) is 8.78 Å². The third-order valence-corrected chi connectivity index (χ3v) is 5.15. The molecule has 0 radical (unpaired) electrons. The third-order valence-electron chi connectivity index (χ3n) is 5.15. The van der Waals surface area contributed by atoms with E-state index >= 15 is 0 Å². The van der Waals surface area contributed by atoms with Crippen molar-refractivity contribution >= 4 is 0 Å². The molecule has 0 amide bonds. The van der Waals surface area contributed by atoms with Crippen molar-refractivity contribution in [2.75, 3.05) is 13.7 Å². The van der Waals surface area contributed by atoms with Crippen molar-refractivity contribution < 1.29 is 18.3 Å². The Morgan fingerprint density at radius 3 is 2.76 bits per heavy atom. The molecule has 8 nitrogen and oxygen atoms in total. The summed E-state index contributed by atoms with van der Waals surface area (Å²) in [6, 6.07) is 3.83. The number of aromatic nitrogens is 6. The molecule has 3 aromatic heterocycles. The summed E-state index contributed by atoms with van der Waals surface area (Å²) in [5, 5.41) is 7.00. The van der Waals surface area contributed by atoms with Crippen molar-refractivity contribution in [3.63, 3.8) is 0 Å². The van der Waals surface area contributed by atoms with E-state index in [4.69, 9.17) is 9.47 Å². The molecule has 0 N–H and O–H groups in total. The van der Waals surface area contributed by atoms with Gasteiger partial charge in [-0.05, 0) is 25.5 Å². The van der Waals surface area contributed by atoms with Crippen molar-refractivity contribution in [1.29, 1.82) is 0 Å². The van der Waals surface area contributed by atoms with E-state index in [-0.39, 0.29) is 22.9 Å². The fourth-order valence-corrected chi connectivity index (χ4v) is 3.30. The number of hydrogen-bond acceptors (Lipinski definition) is 7. The fraction of sp³-hybridized carbons (Fsp3) is 0.421. The van der Waals surface area contributed by atoms with Crippen LogP contribution in [-0.2, 0) is 0 Å². The van der Waals surface area contributed by atoms with Gasteiger partial charge in [0.2, 0.25) is 5.88 Å². The Balaban J connectivity index is 1.53. The maximum atomic E-state index is 13.2. The lowest BCUT2D eigenvalue weighted by Gasteiger charge is -2.15. The molecule has 0 saturated heterocycles. The van der Waals surface area contributed by atoms with Crippen molar-refractivity contribution in [3.05, 3.63) is 42.2 Å². The molecule has 1 fully saturated rings. The Hall–Kier alpha value is -3.17. The number of halogens is 2. The van der Waals surface area contributed by atoms with Gasteiger partial charge < -0.3 is 9.47 Å². The van der Waals surface area contributed by atoms with Crippen molar-refractivity contribution in [2.24, 2.45) is 5.41 Å². The molecule has 2 unspecified atom stereocenters. The first-order valence-corrected chi connectivity index (χ1v) is 9.06. The van der Waals surface area contributed by atoms with Gasteiger partial charge >= 0.3 is 6.55 Å². The molecule has 0 aliphatic heterocycles. The van der Waals surface area contributed by atoms with Crippen LogP contribution in [0.25, 0.3) is 11.3 Å². The normalized spacial score (nSPS) is 20.7. The van der Waals surface area contributed by atoms with E-state index in [0.717, 1.165) is 12.1 Å². The van der Waals surface area contributed by atoms with Crippen LogP contribution in [0.5, 0.6) is 11.6 Å². The summed E-state index contributed by atoms with van der Waals surface area (Å²) >= 11 is 0. The fourth-order valence-electron chi connectivity index (χ4n) is 3.30. The monoisotopic (exact) mass is 402 g/mol. The number of alkyl halides is 2. The topological polar surface area (TPSA) is 87.8 Å². The molecule has 3 heterocycles. The first-order chi connectivity index (χ1) is 13.9. The Morgan fingerprint density at radius 2 is 2.07 bits per heavy atom. The zero-order valence-corrected chi connectivity index (χ0v) is 16.2. The van der Waals surface area contributed by atoms with Crippen LogP contribution in [0.4, 0.5) is 8.78 Å². The van der Waals surface area contributed by atoms with Crippen molar-refractivity contribution in [1.82, 2.24) is 29.9 Å². The molecule has 0 spiro atoms. The summed E-state index contributed by atoms with van der Waals surface area (Å²) in [4.78, 5) is 12.9. The predicted molar refractivity (Wildman–Crippen MR) is 98.8 cm³/mol. The highest BCUT2D eigenvalue weighted by molar-refractivity contribution is 5.63. The van der Waals surface area contributed by atoms with Crippen LogP contribution in [0.2, 0.25) is 0 Å². The molecule has 29 heavy (non-hydrogen) atoms. The zero-order chi connectivity index (χ0) is 20.6. The van der Waals surface area contributed by atoms with Gasteiger partial charge in [-0.25, -0.2) is 4.98 Å². The van der Waals surface area contributed by atoms with Crippen LogP contribution in [0.1, 0.15) is 37.3 Å². The van der Waals surface area contributed by atoms with Crippen molar-refractivity contribution in [2.45, 2.75) is 32.7 Å². The van der Waals surface area contributed by atoms with Crippen LogP contribution in [0, 0.1) is 12.3 Å². The van der Waals surface area contributed by atoms with Gasteiger partial charge in [-0.2, -0.15) is 18.4 Å². The highest BCUT2D eigenvalue weighted by atomic mass is 19.3. The first kappa shape index (κ1) is 19.2. The second-order valence-corrected chi connectivity index (χ2v) is 7.30. The van der Waals surface area contributed by atoms with E-state index in [1.54, 1.807) is 20.2 Å². The van der Waals surface area contributed by atoms with E-state index < -0.39 is 6.55 Å². The molecule has 1 aliphatic carbocycles. The van der Waals surface area contributed by atoms with Gasteiger partial charge in [0.05, 0.1) is 31.7 Å². The molecule has 152 valence electrons. The predicted octanol–water partition coefficient (Wildman–Crippen LogP) is 3.41. The minimum atomic E-state index is -2.83. The van der Waals surface area contributed by atoms with Gasteiger partial charge in [-0.3, -0.25) is 4.98 Å². The lowest BCUT2D eigenvalue weighted by molar-refractivity contribution is 0.0564. The molecular weight excluding hydrogens is 382 g/mol. The average molecular weight is 402 g/mol. The molecule has 3 aromatic rings. The van der Waals surface area contributed by atoms with Gasteiger partial charge in [-0.1, -0.05) is 12.1 Å². The number of pyridine rings is 1. The Labute approximate surface area is 165 Å². The van der Waals surface area contributed by atoms with Crippen LogP contribution >= 0.6 is 0 Å². The Morgan fingerprint density at radius 1 is 1.24 bits per heavy atom. The largest absolute Gasteiger partial charge is 0.495 e. The maximum absolute atomic E-state index is 13.2. The highest BCUT2D eigenvalue weighted by Gasteiger charge is 2.52. The maximum Gasteiger partial charge on any atom is 0.335 e. The minimum absolute atomic E-state index is 0.101. The third kappa shape index (κ3) is 3.74. The van der Waals surface area contributed by atoms with Gasteiger partial charge in [0.15, 0.2) is 0 Å². The second kappa shape index (κ2) is 7.34.